The number of fused-ring (bicyclic) bond motifs is 4. The van der Waals surface area contributed by atoms with Crippen LogP contribution in [-0.2, 0) is 16.6 Å². The number of rotatable bonds is 4. The number of hydrogen-bond donors (Lipinski definition) is 1. The van der Waals surface area contributed by atoms with E-state index in [2.05, 4.69) is 76.4 Å². The molecular formula is C40H55ClN4O3S. The van der Waals surface area contributed by atoms with Gasteiger partial charge in [0, 0.05) is 74.2 Å². The van der Waals surface area contributed by atoms with E-state index in [9.17, 15) is 4.79 Å². The van der Waals surface area contributed by atoms with E-state index in [1.165, 1.54) is 11.1 Å². The summed E-state index contributed by atoms with van der Waals surface area (Å²) in [5, 5.41) is 1.02. The molecule has 2 bridgehead atoms. The SMILES string of the molecule is C=S1NC(=O)c2ccc3c(c2)N(CC2CCC2C(CN2CCN(CC)CC2)(OC)/C=C/CC(C)C1C)CC1(CCc2cc(Cl)ccc21)CO3. The molecule has 5 aliphatic rings. The maximum atomic E-state index is 13.7. The fourth-order valence-corrected chi connectivity index (χ4v) is 10.6. The van der Waals surface area contributed by atoms with Crippen LogP contribution < -0.4 is 14.4 Å². The third-order valence-electron chi connectivity index (χ3n) is 12.7. The second-order valence-corrected chi connectivity index (χ2v) is 17.7. The van der Waals surface area contributed by atoms with Gasteiger partial charge < -0.3 is 24.0 Å². The molecule has 0 aromatic heterocycles. The Morgan fingerprint density at radius 1 is 1.10 bits per heavy atom. The van der Waals surface area contributed by atoms with Gasteiger partial charge in [-0.3, -0.25) is 9.69 Å². The number of benzene rings is 2. The number of anilines is 1. The molecule has 7 atom stereocenters. The van der Waals surface area contributed by atoms with E-state index in [0.717, 1.165) is 101 Å². The van der Waals surface area contributed by atoms with Gasteiger partial charge in [0.25, 0.3) is 5.91 Å². The molecule has 2 aromatic rings. The molecule has 2 fully saturated rings. The van der Waals surface area contributed by atoms with Crippen molar-refractivity contribution >= 4 is 39.7 Å². The first-order valence-corrected chi connectivity index (χ1v) is 20.3. The van der Waals surface area contributed by atoms with E-state index < -0.39 is 10.7 Å². The Morgan fingerprint density at radius 2 is 1.90 bits per heavy atom. The quantitative estimate of drug-likeness (QED) is 0.279. The second-order valence-electron chi connectivity index (χ2n) is 15.4. The Bertz CT molecular complexity index is 1590. The summed E-state index contributed by atoms with van der Waals surface area (Å²) in [6, 6.07) is 12.4. The smallest absolute Gasteiger partial charge is 0.260 e. The van der Waals surface area contributed by atoms with Gasteiger partial charge in [0.15, 0.2) is 0 Å². The van der Waals surface area contributed by atoms with Gasteiger partial charge in [0.1, 0.15) is 11.4 Å². The minimum absolute atomic E-state index is 0.0642. The summed E-state index contributed by atoms with van der Waals surface area (Å²) >= 11 is 6.47. The summed E-state index contributed by atoms with van der Waals surface area (Å²) in [6.45, 7) is 15.5. The molecule has 266 valence electrons. The molecule has 2 aromatic carbocycles. The van der Waals surface area contributed by atoms with Crippen LogP contribution in [-0.4, -0.2) is 98.5 Å². The molecule has 7 nitrogen and oxygen atoms in total. The van der Waals surface area contributed by atoms with Crippen LogP contribution in [0.1, 0.15) is 67.9 Å². The number of likely N-dealkylation sites (N-methyl/N-ethyl adjacent to an activating group) is 1. The van der Waals surface area contributed by atoms with Crippen LogP contribution >= 0.6 is 22.3 Å². The van der Waals surface area contributed by atoms with E-state index in [1.807, 2.05) is 25.3 Å². The number of amides is 1. The lowest BCUT2D eigenvalue weighted by atomic mass is 9.63. The van der Waals surface area contributed by atoms with Gasteiger partial charge in [0.05, 0.1) is 12.3 Å². The van der Waals surface area contributed by atoms with Gasteiger partial charge in [-0.2, -0.15) is 0 Å². The summed E-state index contributed by atoms with van der Waals surface area (Å²) in [6.07, 6.45) is 10.1. The van der Waals surface area contributed by atoms with Crippen LogP contribution in [0.3, 0.4) is 0 Å². The summed E-state index contributed by atoms with van der Waals surface area (Å²) in [7, 11) is 1.40. The zero-order chi connectivity index (χ0) is 34.3. The summed E-state index contributed by atoms with van der Waals surface area (Å²) < 4.78 is 16.7. The fourth-order valence-electron chi connectivity index (χ4n) is 9.14. The average molecular weight is 707 g/mol. The normalized spacial score (nSPS) is 34.7. The predicted molar refractivity (Wildman–Crippen MR) is 205 cm³/mol. The molecule has 0 radical (unpaired) electrons. The maximum absolute atomic E-state index is 13.7. The molecule has 7 rings (SSSR count). The third-order valence-corrected chi connectivity index (χ3v) is 14.8. The molecule has 7 unspecified atom stereocenters. The predicted octanol–water partition coefficient (Wildman–Crippen LogP) is 6.80. The van der Waals surface area contributed by atoms with Crippen LogP contribution in [0.2, 0.25) is 5.02 Å². The Labute approximate surface area is 301 Å². The van der Waals surface area contributed by atoms with Gasteiger partial charge in [-0.15, -0.1) is 0 Å². The molecule has 1 saturated heterocycles. The third kappa shape index (κ3) is 6.85. The Morgan fingerprint density at radius 3 is 2.63 bits per heavy atom. The number of carbonyl (C=O) groups is 1. The van der Waals surface area contributed by atoms with Crippen LogP contribution in [0, 0.1) is 17.8 Å². The van der Waals surface area contributed by atoms with Crippen molar-refractivity contribution in [2.24, 2.45) is 17.8 Å². The molecule has 1 amide bonds. The van der Waals surface area contributed by atoms with Crippen LogP contribution in [0.25, 0.3) is 0 Å². The largest absolute Gasteiger partial charge is 0.490 e. The topological polar surface area (TPSA) is 57.3 Å². The number of piperazine rings is 1. The van der Waals surface area contributed by atoms with Crippen molar-refractivity contribution in [2.75, 3.05) is 71.0 Å². The highest BCUT2D eigenvalue weighted by atomic mass is 35.5. The summed E-state index contributed by atoms with van der Waals surface area (Å²) in [4.78, 5) is 21.5. The molecule has 1 N–H and O–H groups in total. The molecule has 1 spiro atoms. The Balaban J connectivity index is 1.27. The summed E-state index contributed by atoms with van der Waals surface area (Å²) in [5.74, 6) is 6.43. The Hall–Kier alpha value is -2.36. The molecule has 3 aliphatic heterocycles. The number of ether oxygens (including phenoxy) is 2. The van der Waals surface area contributed by atoms with Crippen LogP contribution in [0.15, 0.2) is 48.6 Å². The zero-order valence-corrected chi connectivity index (χ0v) is 31.5. The number of halogens is 1. The van der Waals surface area contributed by atoms with E-state index in [4.69, 9.17) is 21.1 Å². The second kappa shape index (κ2) is 14.3. The van der Waals surface area contributed by atoms with E-state index in [-0.39, 0.29) is 22.2 Å². The van der Waals surface area contributed by atoms with Crippen molar-refractivity contribution in [1.82, 2.24) is 14.5 Å². The number of nitrogens with one attached hydrogen (secondary N) is 1. The van der Waals surface area contributed by atoms with Crippen molar-refractivity contribution in [3.8, 4) is 5.75 Å². The number of methoxy groups -OCH3 is 1. The highest BCUT2D eigenvalue weighted by Gasteiger charge is 2.50. The van der Waals surface area contributed by atoms with Crippen molar-refractivity contribution < 1.29 is 14.3 Å². The summed E-state index contributed by atoms with van der Waals surface area (Å²) in [5.41, 5.74) is 3.85. The van der Waals surface area contributed by atoms with Crippen LogP contribution in [0.5, 0.6) is 5.75 Å². The van der Waals surface area contributed by atoms with Gasteiger partial charge in [-0.1, -0.05) is 67.1 Å². The lowest BCUT2D eigenvalue weighted by Gasteiger charge is -2.52. The van der Waals surface area contributed by atoms with Crippen LogP contribution in [0.4, 0.5) is 5.69 Å². The zero-order valence-electron chi connectivity index (χ0n) is 29.9. The average Bonchev–Trinajstić information content (AvgIpc) is 3.35. The lowest BCUT2D eigenvalue weighted by Crippen LogP contribution is -2.59. The minimum atomic E-state index is -0.532. The van der Waals surface area contributed by atoms with E-state index >= 15 is 0 Å². The highest BCUT2D eigenvalue weighted by Crippen LogP contribution is 2.49. The van der Waals surface area contributed by atoms with Crippen molar-refractivity contribution in [3.63, 3.8) is 0 Å². The van der Waals surface area contributed by atoms with Gasteiger partial charge in [-0.05, 0) is 97.9 Å². The standard InChI is InChI=1S/C40H55ClN4O3S/c1-6-43-18-20-44(21-19-43)26-40(47-4)16-7-8-28(2)29(3)49(5)42-38(46)31-10-14-37-36(23-31)45(24-32-9-12-35(32)40)25-39(27-48-37)17-15-30-22-33(41)11-13-34(30)39/h7,10-11,13-14,16,22-23,28-29,32,35H,5-6,8-9,12,15,17-21,24-27H2,1-4H3,(H,42,46)/b16-7+. The van der Waals surface area contributed by atoms with E-state index in [1.54, 1.807) is 0 Å². The molecule has 2 aliphatic carbocycles. The minimum Gasteiger partial charge on any atom is -0.490 e. The van der Waals surface area contributed by atoms with Crippen molar-refractivity contribution in [2.45, 2.75) is 69.1 Å². The van der Waals surface area contributed by atoms with E-state index in [0.29, 0.717) is 29.9 Å². The Kier molecular flexibility index (Phi) is 10.3. The monoisotopic (exact) mass is 706 g/mol. The first-order valence-electron chi connectivity index (χ1n) is 18.5. The lowest BCUT2D eigenvalue weighted by molar-refractivity contribution is -0.0953. The number of nitrogens with zero attached hydrogens (tertiary/aromatic N) is 3. The van der Waals surface area contributed by atoms with Gasteiger partial charge in [0.2, 0.25) is 0 Å². The molecule has 49 heavy (non-hydrogen) atoms. The van der Waals surface area contributed by atoms with Crippen molar-refractivity contribution in [1.29, 1.82) is 0 Å². The number of allylic oxidation sites excluding steroid dienone is 1. The first kappa shape index (κ1) is 35.1. The number of hydrogen-bond acceptors (Lipinski definition) is 6. The number of aryl methyl sites for hydroxylation is 1. The molecule has 9 heteroatoms. The molecule has 3 heterocycles. The van der Waals surface area contributed by atoms with Gasteiger partial charge in [-0.25, -0.2) is 0 Å². The first-order chi connectivity index (χ1) is 23.6. The maximum Gasteiger partial charge on any atom is 0.260 e. The fraction of sp³-hybridized carbons (Fsp3) is 0.600. The molecular weight excluding hydrogens is 652 g/mol. The van der Waals surface area contributed by atoms with Gasteiger partial charge >= 0.3 is 0 Å². The molecule has 1 saturated carbocycles. The van der Waals surface area contributed by atoms with Crippen molar-refractivity contribution in [3.05, 3.63) is 70.3 Å². The number of carbonyl (C=O) groups excluding carboxylic acids is 1. The highest BCUT2D eigenvalue weighted by molar-refractivity contribution is 8.13.